The van der Waals surface area contributed by atoms with Crippen molar-refractivity contribution in [1.29, 1.82) is 0 Å². The molecule has 0 bridgehead atoms. The SMILES string of the molecule is CNc1ncc(S(=O)(=O)N2CCSC(C)(C)C2)cn1. The molecule has 1 fully saturated rings. The number of aromatic nitrogens is 2. The maximum Gasteiger partial charge on any atom is 0.246 e. The maximum absolute atomic E-state index is 12.5. The van der Waals surface area contributed by atoms with Crippen LogP contribution in [0.4, 0.5) is 5.95 Å². The van der Waals surface area contributed by atoms with Crippen molar-refractivity contribution in [3.8, 4) is 0 Å². The highest BCUT2D eigenvalue weighted by atomic mass is 32.2. The predicted octanol–water partition coefficient (Wildman–Crippen LogP) is 1.03. The highest BCUT2D eigenvalue weighted by molar-refractivity contribution is 8.00. The lowest BCUT2D eigenvalue weighted by atomic mass is 10.2. The monoisotopic (exact) mass is 302 g/mol. The van der Waals surface area contributed by atoms with Crippen LogP contribution in [0, 0.1) is 0 Å². The topological polar surface area (TPSA) is 75.2 Å². The van der Waals surface area contributed by atoms with Gasteiger partial charge in [-0.25, -0.2) is 18.4 Å². The van der Waals surface area contributed by atoms with Crippen molar-refractivity contribution in [1.82, 2.24) is 14.3 Å². The van der Waals surface area contributed by atoms with E-state index < -0.39 is 10.0 Å². The summed E-state index contributed by atoms with van der Waals surface area (Å²) in [6.07, 6.45) is 2.70. The minimum atomic E-state index is -3.49. The van der Waals surface area contributed by atoms with Crippen LogP contribution in [0.5, 0.6) is 0 Å². The van der Waals surface area contributed by atoms with Crippen molar-refractivity contribution >= 4 is 27.7 Å². The molecule has 0 amide bonds. The molecule has 8 heteroatoms. The number of nitrogens with one attached hydrogen (secondary N) is 1. The average Bonchev–Trinajstić information content (AvgIpc) is 2.37. The Morgan fingerprint density at radius 3 is 2.53 bits per heavy atom. The van der Waals surface area contributed by atoms with E-state index in [1.165, 1.54) is 16.7 Å². The lowest BCUT2D eigenvalue weighted by Crippen LogP contribution is -2.46. The van der Waals surface area contributed by atoms with E-state index in [-0.39, 0.29) is 9.64 Å². The fourth-order valence-electron chi connectivity index (χ4n) is 1.91. The van der Waals surface area contributed by atoms with Gasteiger partial charge in [0.1, 0.15) is 4.90 Å². The van der Waals surface area contributed by atoms with Crippen molar-refractivity contribution in [2.75, 3.05) is 31.2 Å². The summed E-state index contributed by atoms with van der Waals surface area (Å²) in [5, 5.41) is 2.76. The first-order valence-corrected chi connectivity index (χ1v) is 8.42. The molecule has 2 rings (SSSR count). The van der Waals surface area contributed by atoms with Crippen molar-refractivity contribution in [2.24, 2.45) is 0 Å². The molecule has 0 radical (unpaired) electrons. The smallest absolute Gasteiger partial charge is 0.246 e. The first kappa shape index (κ1) is 14.5. The highest BCUT2D eigenvalue weighted by Crippen LogP contribution is 2.32. The van der Waals surface area contributed by atoms with Gasteiger partial charge in [0.05, 0.1) is 12.4 Å². The van der Waals surface area contributed by atoms with E-state index in [4.69, 9.17) is 0 Å². The van der Waals surface area contributed by atoms with Gasteiger partial charge in [-0.2, -0.15) is 16.1 Å². The third-order valence-corrected chi connectivity index (χ3v) is 5.98. The average molecular weight is 302 g/mol. The number of sulfonamides is 1. The number of nitrogens with zero attached hydrogens (tertiary/aromatic N) is 3. The summed E-state index contributed by atoms with van der Waals surface area (Å²) in [5.74, 6) is 1.22. The van der Waals surface area contributed by atoms with E-state index in [9.17, 15) is 8.42 Å². The highest BCUT2D eigenvalue weighted by Gasteiger charge is 2.34. The Morgan fingerprint density at radius 2 is 2.00 bits per heavy atom. The maximum atomic E-state index is 12.5. The summed E-state index contributed by atoms with van der Waals surface area (Å²) in [6, 6.07) is 0. The predicted molar refractivity (Wildman–Crippen MR) is 76.9 cm³/mol. The molecule has 0 aliphatic carbocycles. The second-order valence-corrected chi connectivity index (χ2v) is 8.68. The van der Waals surface area contributed by atoms with Crippen LogP contribution in [-0.4, -0.2) is 53.3 Å². The summed E-state index contributed by atoms with van der Waals surface area (Å²) < 4.78 is 26.4. The largest absolute Gasteiger partial charge is 0.357 e. The molecular formula is C11H18N4O2S2. The van der Waals surface area contributed by atoms with Crippen LogP contribution in [0.15, 0.2) is 17.3 Å². The Labute approximate surface area is 118 Å². The van der Waals surface area contributed by atoms with Crippen LogP contribution < -0.4 is 5.32 Å². The van der Waals surface area contributed by atoms with Crippen LogP contribution in [0.1, 0.15) is 13.8 Å². The molecule has 106 valence electrons. The number of rotatable bonds is 3. The molecule has 0 unspecified atom stereocenters. The molecule has 19 heavy (non-hydrogen) atoms. The van der Waals surface area contributed by atoms with Gasteiger partial charge in [0.25, 0.3) is 0 Å². The Bertz CT molecular complexity index is 542. The molecule has 1 N–H and O–H groups in total. The van der Waals surface area contributed by atoms with Crippen LogP contribution in [0.25, 0.3) is 0 Å². The van der Waals surface area contributed by atoms with Gasteiger partial charge in [-0.15, -0.1) is 0 Å². The molecule has 0 atom stereocenters. The first-order valence-electron chi connectivity index (χ1n) is 5.99. The number of thioether (sulfide) groups is 1. The standard InChI is InChI=1S/C11H18N4O2S2/c1-11(2)8-15(4-5-18-11)19(16,17)9-6-13-10(12-3)14-7-9/h6-7H,4-5,8H2,1-3H3,(H,12,13,14). The normalized spacial score (nSPS) is 20.2. The van der Waals surface area contributed by atoms with Gasteiger partial charge in [0.2, 0.25) is 16.0 Å². The Balaban J connectivity index is 2.26. The fourth-order valence-corrected chi connectivity index (χ4v) is 4.71. The molecule has 1 aliphatic rings. The van der Waals surface area contributed by atoms with Gasteiger partial charge in [0, 0.05) is 30.6 Å². The van der Waals surface area contributed by atoms with Gasteiger partial charge < -0.3 is 5.32 Å². The lowest BCUT2D eigenvalue weighted by Gasteiger charge is -2.36. The molecule has 1 aromatic rings. The lowest BCUT2D eigenvalue weighted by molar-refractivity contribution is 0.387. The summed E-state index contributed by atoms with van der Waals surface area (Å²) in [7, 11) is -1.80. The number of anilines is 1. The van der Waals surface area contributed by atoms with Crippen molar-refractivity contribution in [3.05, 3.63) is 12.4 Å². The third kappa shape index (κ3) is 3.18. The van der Waals surface area contributed by atoms with E-state index >= 15 is 0 Å². The summed E-state index contributed by atoms with van der Waals surface area (Å²) in [5.41, 5.74) is 0. The third-order valence-electron chi connectivity index (χ3n) is 2.88. The molecular weight excluding hydrogens is 284 g/mol. The van der Waals surface area contributed by atoms with E-state index in [1.54, 1.807) is 18.8 Å². The van der Waals surface area contributed by atoms with Crippen LogP contribution in [-0.2, 0) is 10.0 Å². The minimum absolute atomic E-state index is 0.0584. The molecule has 0 saturated carbocycles. The van der Waals surface area contributed by atoms with E-state index in [0.717, 1.165) is 5.75 Å². The Kier molecular flexibility index (Phi) is 4.03. The van der Waals surface area contributed by atoms with Crippen LogP contribution in [0.2, 0.25) is 0 Å². The Hall–Kier alpha value is -0.860. The van der Waals surface area contributed by atoms with E-state index in [2.05, 4.69) is 29.1 Å². The second-order valence-electron chi connectivity index (χ2n) is 4.94. The molecule has 1 aliphatic heterocycles. The quantitative estimate of drug-likeness (QED) is 0.899. The van der Waals surface area contributed by atoms with E-state index in [0.29, 0.717) is 19.0 Å². The summed E-state index contributed by atoms with van der Waals surface area (Å²) in [4.78, 5) is 8.07. The van der Waals surface area contributed by atoms with Crippen molar-refractivity contribution in [2.45, 2.75) is 23.5 Å². The zero-order valence-corrected chi connectivity index (χ0v) is 12.9. The fraction of sp³-hybridized carbons (Fsp3) is 0.636. The van der Waals surface area contributed by atoms with Crippen LogP contribution in [0.3, 0.4) is 0 Å². The van der Waals surface area contributed by atoms with Gasteiger partial charge in [-0.1, -0.05) is 0 Å². The molecule has 2 heterocycles. The van der Waals surface area contributed by atoms with E-state index in [1.807, 2.05) is 0 Å². The molecule has 1 saturated heterocycles. The van der Waals surface area contributed by atoms with Crippen molar-refractivity contribution in [3.63, 3.8) is 0 Å². The van der Waals surface area contributed by atoms with Crippen molar-refractivity contribution < 1.29 is 8.42 Å². The zero-order chi connectivity index (χ0) is 14.1. The first-order chi connectivity index (χ1) is 8.85. The summed E-state index contributed by atoms with van der Waals surface area (Å²) in [6.45, 7) is 5.15. The van der Waals surface area contributed by atoms with Crippen LogP contribution >= 0.6 is 11.8 Å². The molecule has 0 aromatic carbocycles. The van der Waals surface area contributed by atoms with Gasteiger partial charge >= 0.3 is 0 Å². The zero-order valence-electron chi connectivity index (χ0n) is 11.3. The van der Waals surface area contributed by atoms with Gasteiger partial charge in [-0.3, -0.25) is 0 Å². The molecule has 0 spiro atoms. The molecule has 6 nitrogen and oxygen atoms in total. The minimum Gasteiger partial charge on any atom is -0.357 e. The van der Waals surface area contributed by atoms with Gasteiger partial charge in [0.15, 0.2) is 0 Å². The second kappa shape index (κ2) is 5.26. The Morgan fingerprint density at radius 1 is 1.37 bits per heavy atom. The summed E-state index contributed by atoms with van der Waals surface area (Å²) >= 11 is 1.79. The van der Waals surface area contributed by atoms with Gasteiger partial charge in [-0.05, 0) is 13.8 Å². The number of hydrogen-bond donors (Lipinski definition) is 1. The number of hydrogen-bond acceptors (Lipinski definition) is 6. The molecule has 1 aromatic heterocycles.